The fraction of sp³-hybridized carbons (Fsp3) is 0.893. The first-order valence-electron chi connectivity index (χ1n) is 12.9. The van der Waals surface area contributed by atoms with Crippen molar-refractivity contribution in [3.8, 4) is 0 Å². The number of ketones is 2. The van der Waals surface area contributed by atoms with Gasteiger partial charge in [0.15, 0.2) is 0 Å². The molecule has 1 unspecified atom stereocenters. The maximum Gasteiger partial charge on any atom is 0.303 e. The van der Waals surface area contributed by atoms with Crippen LogP contribution in [0.2, 0.25) is 0 Å². The summed E-state index contributed by atoms with van der Waals surface area (Å²) in [5.74, 6) is -0.464. The Kier molecular flexibility index (Phi) is 13.2. The third-order valence-electron chi connectivity index (χ3n) is 6.68. The van der Waals surface area contributed by atoms with E-state index in [0.717, 1.165) is 12.8 Å². The minimum atomic E-state index is -0.827. The number of carboxylic acid groups (broad SMARTS) is 1. The Hall–Kier alpha value is -1.27. The summed E-state index contributed by atoms with van der Waals surface area (Å²) in [5, 5.41) is 9.03. The maximum absolute atomic E-state index is 13.1. The lowest BCUT2D eigenvalue weighted by Gasteiger charge is -2.43. The van der Waals surface area contributed by atoms with Crippen molar-refractivity contribution in [1.82, 2.24) is 0 Å². The number of aliphatic carboxylic acids is 1. The molecule has 1 atom stereocenters. The Balaban J connectivity index is 5.04. The summed E-state index contributed by atoms with van der Waals surface area (Å²) in [6.07, 6.45) is 4.88. The summed E-state index contributed by atoms with van der Waals surface area (Å²) in [5.41, 5.74) is -1.98. The van der Waals surface area contributed by atoms with Crippen LogP contribution in [0.3, 0.4) is 0 Å². The number of carbonyl (C=O) groups is 3. The lowest BCUT2D eigenvalue weighted by Crippen LogP contribution is -2.49. The van der Waals surface area contributed by atoms with Gasteiger partial charge in [0, 0.05) is 31.3 Å². The van der Waals surface area contributed by atoms with Crippen LogP contribution in [0, 0.1) is 10.8 Å². The molecule has 0 saturated heterocycles. The highest BCUT2D eigenvalue weighted by Crippen LogP contribution is 2.38. The number of carboxylic acids is 1. The normalized spacial score (nSPS) is 14.2. The van der Waals surface area contributed by atoms with Crippen molar-refractivity contribution in [2.24, 2.45) is 10.8 Å². The van der Waals surface area contributed by atoms with Gasteiger partial charge in [-0.15, -0.1) is 0 Å². The van der Waals surface area contributed by atoms with E-state index < -0.39 is 17.0 Å². The second-order valence-corrected chi connectivity index (χ2v) is 12.6. The van der Waals surface area contributed by atoms with Crippen LogP contribution in [0.4, 0.5) is 0 Å². The van der Waals surface area contributed by atoms with E-state index in [9.17, 15) is 14.4 Å². The first kappa shape index (κ1) is 32.7. The smallest absolute Gasteiger partial charge is 0.303 e. The molecule has 1 N–H and O–H groups in total. The second kappa shape index (κ2) is 13.7. The molecule has 34 heavy (non-hydrogen) atoms. The van der Waals surface area contributed by atoms with Gasteiger partial charge in [0.05, 0.1) is 22.7 Å². The molecule has 0 bridgehead atoms. The average Bonchev–Trinajstić information content (AvgIpc) is 2.64. The number of hydrogen-bond acceptors (Lipinski definition) is 5. The minimum absolute atomic E-state index is 0.0835. The standard InChI is InChI=1S/C28H52O6/c1-25(2,3)22(29)18-13-15-21(16-14-19-24(31)32)34-28(9,10)27(7,8)23(30)17-11-12-20-33-26(4,5)6/h21H,11-20H2,1-10H3,(H,31,32). The molecule has 0 saturated carbocycles. The molecule has 0 aromatic carbocycles. The zero-order valence-corrected chi connectivity index (χ0v) is 23.6. The zero-order chi connectivity index (χ0) is 26.8. The van der Waals surface area contributed by atoms with Crippen LogP contribution in [-0.2, 0) is 23.9 Å². The van der Waals surface area contributed by atoms with Crippen molar-refractivity contribution < 1.29 is 29.0 Å². The van der Waals surface area contributed by atoms with Crippen molar-refractivity contribution in [3.63, 3.8) is 0 Å². The van der Waals surface area contributed by atoms with Crippen LogP contribution in [0.15, 0.2) is 0 Å². The maximum atomic E-state index is 13.1. The van der Waals surface area contributed by atoms with Gasteiger partial charge in [0.25, 0.3) is 0 Å². The highest BCUT2D eigenvalue weighted by atomic mass is 16.5. The quantitative estimate of drug-likeness (QED) is 0.229. The van der Waals surface area contributed by atoms with E-state index in [4.69, 9.17) is 14.6 Å². The van der Waals surface area contributed by atoms with Crippen LogP contribution >= 0.6 is 0 Å². The van der Waals surface area contributed by atoms with Crippen molar-refractivity contribution in [1.29, 1.82) is 0 Å². The Morgan fingerprint density at radius 1 is 0.706 bits per heavy atom. The van der Waals surface area contributed by atoms with E-state index in [2.05, 4.69) is 0 Å². The molecule has 6 heteroatoms. The number of hydrogen-bond donors (Lipinski definition) is 1. The highest BCUT2D eigenvalue weighted by molar-refractivity contribution is 5.85. The molecular formula is C28H52O6. The van der Waals surface area contributed by atoms with Gasteiger partial charge in [-0.05, 0) is 73.1 Å². The molecule has 0 aromatic rings. The molecule has 0 amide bonds. The summed E-state index contributed by atoms with van der Waals surface area (Å²) in [6, 6.07) is 0. The van der Waals surface area contributed by atoms with Gasteiger partial charge in [-0.3, -0.25) is 14.4 Å². The number of carbonyl (C=O) groups excluding carboxylic acids is 2. The second-order valence-electron chi connectivity index (χ2n) is 12.6. The number of rotatable bonds is 17. The largest absolute Gasteiger partial charge is 0.481 e. The molecule has 0 radical (unpaired) electrons. The zero-order valence-electron chi connectivity index (χ0n) is 23.6. The Morgan fingerprint density at radius 3 is 1.68 bits per heavy atom. The summed E-state index contributed by atoms with van der Waals surface area (Å²) in [6.45, 7) is 20.2. The van der Waals surface area contributed by atoms with Crippen LogP contribution < -0.4 is 0 Å². The Labute approximate surface area is 208 Å². The van der Waals surface area contributed by atoms with Crippen LogP contribution in [0.25, 0.3) is 0 Å². The molecule has 0 aromatic heterocycles. The molecule has 0 spiro atoms. The van der Waals surface area contributed by atoms with Gasteiger partial charge in [-0.1, -0.05) is 34.6 Å². The first-order valence-corrected chi connectivity index (χ1v) is 12.9. The van der Waals surface area contributed by atoms with Crippen molar-refractivity contribution >= 4 is 17.5 Å². The fourth-order valence-corrected chi connectivity index (χ4v) is 3.59. The van der Waals surface area contributed by atoms with E-state index in [1.54, 1.807) is 0 Å². The number of unbranched alkanes of at least 4 members (excludes halogenated alkanes) is 1. The molecule has 0 fully saturated rings. The van der Waals surface area contributed by atoms with Crippen LogP contribution in [-0.4, -0.2) is 46.6 Å². The Bertz CT molecular complexity index is 649. The third kappa shape index (κ3) is 13.0. The highest BCUT2D eigenvalue weighted by Gasteiger charge is 2.44. The monoisotopic (exact) mass is 484 g/mol. The van der Waals surface area contributed by atoms with Gasteiger partial charge in [0.2, 0.25) is 0 Å². The molecule has 0 heterocycles. The minimum Gasteiger partial charge on any atom is -0.481 e. The van der Waals surface area contributed by atoms with Crippen molar-refractivity contribution in [2.45, 2.75) is 144 Å². The van der Waals surface area contributed by atoms with Gasteiger partial charge in [0.1, 0.15) is 11.6 Å². The van der Waals surface area contributed by atoms with E-state index in [1.165, 1.54) is 0 Å². The molecule has 0 aliphatic heterocycles. The topological polar surface area (TPSA) is 89.9 Å². The molecule has 6 nitrogen and oxygen atoms in total. The molecule has 200 valence electrons. The summed E-state index contributed by atoms with van der Waals surface area (Å²) < 4.78 is 12.2. The fourth-order valence-electron chi connectivity index (χ4n) is 3.59. The van der Waals surface area contributed by atoms with E-state index in [-0.39, 0.29) is 35.1 Å². The van der Waals surface area contributed by atoms with E-state index in [1.807, 2.05) is 69.2 Å². The van der Waals surface area contributed by atoms with Gasteiger partial charge >= 0.3 is 5.97 Å². The molecular weight excluding hydrogens is 432 g/mol. The molecule has 0 aliphatic rings. The summed E-state index contributed by atoms with van der Waals surface area (Å²) >= 11 is 0. The van der Waals surface area contributed by atoms with Gasteiger partial charge in [-0.25, -0.2) is 0 Å². The molecule has 0 aliphatic carbocycles. The van der Waals surface area contributed by atoms with Gasteiger partial charge in [-0.2, -0.15) is 0 Å². The van der Waals surface area contributed by atoms with Crippen LogP contribution in [0.1, 0.15) is 127 Å². The van der Waals surface area contributed by atoms with E-state index >= 15 is 0 Å². The third-order valence-corrected chi connectivity index (χ3v) is 6.68. The number of ether oxygens (including phenoxy) is 2. The lowest BCUT2D eigenvalue weighted by atomic mass is 9.72. The summed E-state index contributed by atoms with van der Waals surface area (Å²) in [7, 11) is 0. The van der Waals surface area contributed by atoms with Crippen LogP contribution in [0.5, 0.6) is 0 Å². The molecule has 0 rings (SSSR count). The Morgan fingerprint density at radius 2 is 1.21 bits per heavy atom. The van der Waals surface area contributed by atoms with Crippen molar-refractivity contribution in [2.75, 3.05) is 6.61 Å². The van der Waals surface area contributed by atoms with Gasteiger partial charge < -0.3 is 14.6 Å². The predicted molar refractivity (Wildman–Crippen MR) is 137 cm³/mol. The average molecular weight is 485 g/mol. The first-order chi connectivity index (χ1) is 15.3. The number of Topliss-reactive ketones (excluding diaryl/α,β-unsaturated/α-hetero) is 2. The predicted octanol–water partition coefficient (Wildman–Crippen LogP) is 6.77. The summed E-state index contributed by atoms with van der Waals surface area (Å²) in [4.78, 5) is 36.4. The SMILES string of the molecule is CC(C)(C)OCCCCC(=O)C(C)(C)C(C)(C)OC(CCCC(=O)O)CCCC(=O)C(C)(C)C. The van der Waals surface area contributed by atoms with Crippen molar-refractivity contribution in [3.05, 3.63) is 0 Å². The van der Waals surface area contributed by atoms with E-state index in [0.29, 0.717) is 45.1 Å². The lowest BCUT2D eigenvalue weighted by molar-refractivity contribution is -0.162.